The molecule has 2 aromatic rings. The molecule has 1 unspecified atom stereocenters. The average Bonchev–Trinajstić information content (AvgIpc) is 2.48. The van der Waals surface area contributed by atoms with Gasteiger partial charge in [0, 0.05) is 12.6 Å². The summed E-state index contributed by atoms with van der Waals surface area (Å²) in [4.78, 5) is 28.3. The van der Waals surface area contributed by atoms with Gasteiger partial charge in [0.05, 0.1) is 17.2 Å². The van der Waals surface area contributed by atoms with Crippen LogP contribution in [0.3, 0.4) is 0 Å². The van der Waals surface area contributed by atoms with E-state index in [2.05, 4.69) is 10.3 Å². The van der Waals surface area contributed by atoms with Gasteiger partial charge in [0.1, 0.15) is 6.54 Å². The number of nitrogens with one attached hydrogen (secondary N) is 1. The number of nitrogens with zero attached hydrogens (tertiary/aromatic N) is 2. The molecule has 2 rings (SSSR count). The minimum Gasteiger partial charge on any atom is -0.396 e. The van der Waals surface area contributed by atoms with E-state index >= 15 is 0 Å². The highest BCUT2D eigenvalue weighted by Gasteiger charge is 2.10. The molecule has 0 aliphatic carbocycles. The lowest BCUT2D eigenvalue weighted by atomic mass is 10.2. The van der Waals surface area contributed by atoms with Crippen molar-refractivity contribution < 1.29 is 9.90 Å². The molecule has 0 radical (unpaired) electrons. The first-order valence-corrected chi connectivity index (χ1v) is 6.96. The summed E-state index contributed by atoms with van der Waals surface area (Å²) in [5, 5.41) is 12.1. The fourth-order valence-corrected chi connectivity index (χ4v) is 2.16. The summed E-state index contributed by atoms with van der Waals surface area (Å²) in [6, 6.07) is 7.01. The standard InChI is InChI=1S/C15H19N3O3/c1-11(5-4-8-19)17-14(20)9-18-10-16-13-7-3-2-6-12(13)15(18)21/h2-3,6-7,10-11,19H,4-5,8-9H2,1H3,(H,17,20). The predicted octanol–water partition coefficient (Wildman–Crippen LogP) is 0.674. The molecule has 0 spiro atoms. The van der Waals surface area contributed by atoms with Crippen molar-refractivity contribution in [1.29, 1.82) is 0 Å². The van der Waals surface area contributed by atoms with Gasteiger partial charge in [-0.3, -0.25) is 14.2 Å². The van der Waals surface area contributed by atoms with Gasteiger partial charge in [-0.1, -0.05) is 12.1 Å². The van der Waals surface area contributed by atoms with Gasteiger partial charge >= 0.3 is 0 Å². The Bertz CT molecular complexity index is 681. The van der Waals surface area contributed by atoms with Crippen LogP contribution in [0, 0.1) is 0 Å². The minimum atomic E-state index is -0.236. The van der Waals surface area contributed by atoms with Gasteiger partial charge < -0.3 is 10.4 Å². The molecular weight excluding hydrogens is 270 g/mol. The molecule has 6 nitrogen and oxygen atoms in total. The zero-order chi connectivity index (χ0) is 15.2. The number of para-hydroxylation sites is 1. The van der Waals surface area contributed by atoms with E-state index in [4.69, 9.17) is 5.11 Å². The molecule has 1 heterocycles. The molecule has 112 valence electrons. The molecule has 0 aliphatic heterocycles. The summed E-state index contributed by atoms with van der Waals surface area (Å²) in [5.41, 5.74) is 0.397. The van der Waals surface area contributed by atoms with Crippen molar-refractivity contribution in [2.45, 2.75) is 32.4 Å². The summed E-state index contributed by atoms with van der Waals surface area (Å²) in [6.45, 7) is 1.92. The molecule has 0 bridgehead atoms. The van der Waals surface area contributed by atoms with Crippen LogP contribution in [-0.4, -0.2) is 33.2 Å². The van der Waals surface area contributed by atoms with E-state index in [0.29, 0.717) is 23.7 Å². The van der Waals surface area contributed by atoms with E-state index in [9.17, 15) is 9.59 Å². The Morgan fingerprint density at radius 1 is 1.43 bits per heavy atom. The molecule has 6 heteroatoms. The number of amides is 1. The van der Waals surface area contributed by atoms with Crippen molar-refractivity contribution in [2.75, 3.05) is 6.61 Å². The molecule has 1 amide bonds. The second kappa shape index (κ2) is 6.99. The fourth-order valence-electron chi connectivity index (χ4n) is 2.16. The quantitative estimate of drug-likeness (QED) is 0.819. The van der Waals surface area contributed by atoms with E-state index in [-0.39, 0.29) is 30.7 Å². The van der Waals surface area contributed by atoms with Crippen molar-refractivity contribution in [1.82, 2.24) is 14.9 Å². The molecule has 1 aromatic carbocycles. The lowest BCUT2D eigenvalue weighted by Crippen LogP contribution is -2.37. The number of carbonyl (C=O) groups excluding carboxylic acids is 1. The highest BCUT2D eigenvalue weighted by molar-refractivity contribution is 5.78. The van der Waals surface area contributed by atoms with Gasteiger partial charge in [-0.05, 0) is 31.9 Å². The maximum absolute atomic E-state index is 12.2. The van der Waals surface area contributed by atoms with E-state index in [1.807, 2.05) is 13.0 Å². The first-order chi connectivity index (χ1) is 10.1. The molecule has 1 atom stereocenters. The van der Waals surface area contributed by atoms with Crippen molar-refractivity contribution in [3.63, 3.8) is 0 Å². The number of hydrogen-bond donors (Lipinski definition) is 2. The van der Waals surface area contributed by atoms with Crippen LogP contribution in [0.15, 0.2) is 35.4 Å². The van der Waals surface area contributed by atoms with Gasteiger partial charge in [0.2, 0.25) is 5.91 Å². The Kier molecular flexibility index (Phi) is 5.05. The zero-order valence-electron chi connectivity index (χ0n) is 12.0. The lowest BCUT2D eigenvalue weighted by molar-refractivity contribution is -0.122. The molecule has 0 aliphatic rings. The van der Waals surface area contributed by atoms with Gasteiger partial charge in [0.25, 0.3) is 5.56 Å². The Morgan fingerprint density at radius 2 is 2.19 bits per heavy atom. The number of benzene rings is 1. The molecule has 0 saturated heterocycles. The van der Waals surface area contributed by atoms with Crippen LogP contribution in [0.4, 0.5) is 0 Å². The third kappa shape index (κ3) is 3.88. The van der Waals surface area contributed by atoms with Gasteiger partial charge in [-0.2, -0.15) is 0 Å². The highest BCUT2D eigenvalue weighted by Crippen LogP contribution is 2.04. The maximum Gasteiger partial charge on any atom is 0.261 e. The van der Waals surface area contributed by atoms with Crippen LogP contribution in [0.25, 0.3) is 10.9 Å². The van der Waals surface area contributed by atoms with Crippen LogP contribution < -0.4 is 10.9 Å². The van der Waals surface area contributed by atoms with E-state index in [1.54, 1.807) is 18.2 Å². The summed E-state index contributed by atoms with van der Waals surface area (Å²) in [5.74, 6) is -0.236. The Balaban J connectivity index is 2.08. The first-order valence-electron chi connectivity index (χ1n) is 6.96. The summed E-state index contributed by atoms with van der Waals surface area (Å²) in [6.07, 6.45) is 2.73. The average molecular weight is 289 g/mol. The van der Waals surface area contributed by atoms with Crippen LogP contribution in [0.2, 0.25) is 0 Å². The molecule has 1 aromatic heterocycles. The molecule has 2 N–H and O–H groups in total. The first kappa shape index (κ1) is 15.2. The summed E-state index contributed by atoms with van der Waals surface area (Å²) >= 11 is 0. The van der Waals surface area contributed by atoms with Gasteiger partial charge in [-0.25, -0.2) is 4.98 Å². The van der Waals surface area contributed by atoms with Crippen LogP contribution in [0.5, 0.6) is 0 Å². The van der Waals surface area contributed by atoms with Crippen molar-refractivity contribution in [3.8, 4) is 0 Å². The van der Waals surface area contributed by atoms with Crippen LogP contribution in [-0.2, 0) is 11.3 Å². The lowest BCUT2D eigenvalue weighted by Gasteiger charge is -2.13. The number of aliphatic hydroxyl groups excluding tert-OH is 1. The monoisotopic (exact) mass is 289 g/mol. The van der Waals surface area contributed by atoms with E-state index in [0.717, 1.165) is 0 Å². The smallest absolute Gasteiger partial charge is 0.261 e. The largest absolute Gasteiger partial charge is 0.396 e. The predicted molar refractivity (Wildman–Crippen MR) is 79.9 cm³/mol. The summed E-state index contributed by atoms with van der Waals surface area (Å²) in [7, 11) is 0. The van der Waals surface area contributed by atoms with Crippen molar-refractivity contribution in [2.24, 2.45) is 0 Å². The molecular formula is C15H19N3O3. The number of hydrogen-bond acceptors (Lipinski definition) is 4. The van der Waals surface area contributed by atoms with E-state index in [1.165, 1.54) is 10.9 Å². The number of rotatable bonds is 6. The van der Waals surface area contributed by atoms with Crippen molar-refractivity contribution >= 4 is 16.8 Å². The number of fused-ring (bicyclic) bond motifs is 1. The maximum atomic E-state index is 12.2. The topological polar surface area (TPSA) is 84.2 Å². The van der Waals surface area contributed by atoms with Crippen molar-refractivity contribution in [3.05, 3.63) is 40.9 Å². The second-order valence-electron chi connectivity index (χ2n) is 5.03. The van der Waals surface area contributed by atoms with Crippen LogP contribution >= 0.6 is 0 Å². The number of aromatic nitrogens is 2. The molecule has 0 fully saturated rings. The van der Waals surface area contributed by atoms with Gasteiger partial charge in [-0.15, -0.1) is 0 Å². The number of aliphatic hydroxyl groups is 1. The zero-order valence-corrected chi connectivity index (χ0v) is 12.0. The van der Waals surface area contributed by atoms with E-state index < -0.39 is 0 Å². The normalized spacial score (nSPS) is 12.3. The fraction of sp³-hybridized carbons (Fsp3) is 0.400. The summed E-state index contributed by atoms with van der Waals surface area (Å²) < 4.78 is 1.30. The SMILES string of the molecule is CC(CCCO)NC(=O)Cn1cnc2ccccc2c1=O. The second-order valence-corrected chi connectivity index (χ2v) is 5.03. The Hall–Kier alpha value is -2.21. The number of carbonyl (C=O) groups is 1. The third-order valence-corrected chi connectivity index (χ3v) is 3.25. The molecule has 0 saturated carbocycles. The molecule has 21 heavy (non-hydrogen) atoms. The third-order valence-electron chi connectivity index (χ3n) is 3.25. The Labute approximate surface area is 122 Å². The minimum absolute atomic E-state index is 0.0335. The van der Waals surface area contributed by atoms with Crippen LogP contribution in [0.1, 0.15) is 19.8 Å². The highest BCUT2D eigenvalue weighted by atomic mass is 16.3. The van der Waals surface area contributed by atoms with Gasteiger partial charge in [0.15, 0.2) is 0 Å². The Morgan fingerprint density at radius 3 is 2.95 bits per heavy atom.